The molecule has 0 amide bonds. The lowest BCUT2D eigenvalue weighted by molar-refractivity contribution is 0.0574. The predicted molar refractivity (Wildman–Crippen MR) is 106 cm³/mol. The van der Waals surface area contributed by atoms with Crippen molar-refractivity contribution < 1.29 is 5.11 Å². The number of rotatable bonds is 6. The first-order chi connectivity index (χ1) is 10.1. The van der Waals surface area contributed by atoms with Gasteiger partial charge in [-0.2, -0.15) is 11.3 Å². The van der Waals surface area contributed by atoms with Gasteiger partial charge in [-0.15, -0.1) is 24.0 Å². The molecule has 3 N–H and O–H groups in total. The van der Waals surface area contributed by atoms with Crippen LogP contribution in [0.4, 0.5) is 0 Å². The van der Waals surface area contributed by atoms with Crippen molar-refractivity contribution in [3.05, 3.63) is 22.4 Å². The Balaban J connectivity index is 0.00000242. The first-order valence-corrected chi connectivity index (χ1v) is 8.84. The number of hydrogen-bond acceptors (Lipinski definition) is 3. The highest BCUT2D eigenvalue weighted by Gasteiger charge is 2.30. The molecule has 126 valence electrons. The molecule has 1 aliphatic carbocycles. The highest BCUT2D eigenvalue weighted by molar-refractivity contribution is 14.0. The number of nitrogens with one attached hydrogen (secondary N) is 2. The minimum absolute atomic E-state index is 0. The standard InChI is InChI=1S/C16H27N3OS.HI/c1-3-17-15(19-12-16(20)7-4-5-8-16)18-10-13(2)14-6-9-21-11-14;/h6,9,11,13,20H,3-5,7-8,10,12H2,1-2H3,(H2,17,18,19);1H. The molecule has 1 atom stereocenters. The van der Waals surface area contributed by atoms with Crippen molar-refractivity contribution in [2.45, 2.75) is 51.0 Å². The van der Waals surface area contributed by atoms with Crippen molar-refractivity contribution in [2.75, 3.05) is 19.6 Å². The Hall–Kier alpha value is -0.340. The Morgan fingerprint density at radius 2 is 2.14 bits per heavy atom. The molecule has 1 aliphatic rings. The molecule has 6 heteroatoms. The lowest BCUT2D eigenvalue weighted by Crippen LogP contribution is -2.40. The largest absolute Gasteiger partial charge is 0.388 e. The molecule has 1 saturated carbocycles. The summed E-state index contributed by atoms with van der Waals surface area (Å²) in [6, 6.07) is 2.17. The fourth-order valence-corrected chi connectivity index (χ4v) is 3.46. The van der Waals surface area contributed by atoms with E-state index in [4.69, 9.17) is 0 Å². The van der Waals surface area contributed by atoms with Crippen molar-refractivity contribution in [3.8, 4) is 0 Å². The van der Waals surface area contributed by atoms with Crippen LogP contribution in [0, 0.1) is 0 Å². The van der Waals surface area contributed by atoms with Crippen LogP contribution in [0.1, 0.15) is 51.0 Å². The molecule has 0 spiro atoms. The van der Waals surface area contributed by atoms with E-state index in [1.165, 1.54) is 5.56 Å². The maximum absolute atomic E-state index is 10.4. The van der Waals surface area contributed by atoms with Gasteiger partial charge in [-0.1, -0.05) is 19.8 Å². The Morgan fingerprint density at radius 3 is 2.73 bits per heavy atom. The molecule has 4 nitrogen and oxygen atoms in total. The first-order valence-electron chi connectivity index (χ1n) is 7.89. The molecular weight excluding hydrogens is 409 g/mol. The van der Waals surface area contributed by atoms with Crippen LogP contribution in [-0.4, -0.2) is 36.3 Å². The molecule has 1 aromatic rings. The van der Waals surface area contributed by atoms with Crippen molar-refractivity contribution in [1.82, 2.24) is 10.6 Å². The molecule has 1 aromatic heterocycles. The Morgan fingerprint density at radius 1 is 1.41 bits per heavy atom. The van der Waals surface area contributed by atoms with Gasteiger partial charge in [0.25, 0.3) is 0 Å². The van der Waals surface area contributed by atoms with Gasteiger partial charge in [0.2, 0.25) is 0 Å². The minimum atomic E-state index is -0.582. The van der Waals surface area contributed by atoms with Crippen LogP contribution in [0.3, 0.4) is 0 Å². The van der Waals surface area contributed by atoms with Crippen LogP contribution in [-0.2, 0) is 0 Å². The predicted octanol–water partition coefficient (Wildman–Crippen LogP) is 3.33. The van der Waals surface area contributed by atoms with Crippen LogP contribution < -0.4 is 10.6 Å². The second kappa shape index (κ2) is 9.72. The van der Waals surface area contributed by atoms with E-state index in [1.807, 2.05) is 0 Å². The molecule has 1 unspecified atom stereocenters. The second-order valence-electron chi connectivity index (χ2n) is 5.97. The van der Waals surface area contributed by atoms with Gasteiger partial charge in [0.1, 0.15) is 0 Å². The third-order valence-corrected chi connectivity index (χ3v) is 4.80. The van der Waals surface area contributed by atoms with Crippen molar-refractivity contribution in [3.63, 3.8) is 0 Å². The number of hydrogen-bond donors (Lipinski definition) is 3. The molecule has 0 aliphatic heterocycles. The summed E-state index contributed by atoms with van der Waals surface area (Å²) < 4.78 is 0. The summed E-state index contributed by atoms with van der Waals surface area (Å²) in [5.74, 6) is 1.26. The molecule has 22 heavy (non-hydrogen) atoms. The summed E-state index contributed by atoms with van der Waals surface area (Å²) >= 11 is 1.73. The lowest BCUT2D eigenvalue weighted by atomic mass is 10.0. The highest BCUT2D eigenvalue weighted by atomic mass is 127. The topological polar surface area (TPSA) is 56.7 Å². The van der Waals surface area contributed by atoms with Crippen molar-refractivity contribution in [1.29, 1.82) is 0 Å². The van der Waals surface area contributed by atoms with E-state index in [2.05, 4.69) is 46.3 Å². The fraction of sp³-hybridized carbons (Fsp3) is 0.688. The smallest absolute Gasteiger partial charge is 0.191 e. The Kier molecular flexibility index (Phi) is 8.71. The van der Waals surface area contributed by atoms with Gasteiger partial charge in [0, 0.05) is 13.1 Å². The SMILES string of the molecule is CCNC(=NCC1(O)CCCC1)NCC(C)c1ccsc1.I. The molecule has 0 radical (unpaired) electrons. The molecule has 2 rings (SSSR count). The zero-order valence-corrected chi connectivity index (χ0v) is 16.6. The quantitative estimate of drug-likeness (QED) is 0.364. The second-order valence-corrected chi connectivity index (χ2v) is 6.75. The molecule has 1 fully saturated rings. The van der Waals surface area contributed by atoms with E-state index in [9.17, 15) is 5.11 Å². The Bertz CT molecular complexity index is 444. The number of guanidine groups is 1. The van der Waals surface area contributed by atoms with E-state index in [0.717, 1.165) is 44.7 Å². The zero-order chi connectivity index (χ0) is 15.1. The third kappa shape index (κ3) is 6.04. The maximum atomic E-state index is 10.4. The number of thiophene rings is 1. The fourth-order valence-electron chi connectivity index (χ4n) is 2.68. The third-order valence-electron chi connectivity index (χ3n) is 4.10. The van der Waals surface area contributed by atoms with Crippen LogP contribution >= 0.6 is 35.3 Å². The average molecular weight is 437 g/mol. The van der Waals surface area contributed by atoms with Crippen LogP contribution in [0.2, 0.25) is 0 Å². The number of halogens is 1. The van der Waals surface area contributed by atoms with E-state index >= 15 is 0 Å². The average Bonchev–Trinajstić information content (AvgIpc) is 3.13. The van der Waals surface area contributed by atoms with Crippen molar-refractivity contribution >= 4 is 41.3 Å². The van der Waals surface area contributed by atoms with Gasteiger partial charge >= 0.3 is 0 Å². The summed E-state index contributed by atoms with van der Waals surface area (Å²) in [6.45, 7) is 6.44. The van der Waals surface area contributed by atoms with Gasteiger partial charge in [-0.05, 0) is 48.1 Å². The highest BCUT2D eigenvalue weighted by Crippen LogP contribution is 2.29. The number of aliphatic hydroxyl groups is 1. The van der Waals surface area contributed by atoms with Gasteiger partial charge in [0.15, 0.2) is 5.96 Å². The van der Waals surface area contributed by atoms with Crippen molar-refractivity contribution in [2.24, 2.45) is 4.99 Å². The summed E-state index contributed by atoms with van der Waals surface area (Å²) in [6.07, 6.45) is 3.98. The normalized spacial score (nSPS) is 18.6. The molecular formula is C16H28IN3OS. The maximum Gasteiger partial charge on any atom is 0.191 e. The van der Waals surface area contributed by atoms with E-state index < -0.39 is 5.60 Å². The van der Waals surface area contributed by atoms with Gasteiger partial charge < -0.3 is 15.7 Å². The Labute approximate surface area is 154 Å². The summed E-state index contributed by atoms with van der Waals surface area (Å²) in [5, 5.41) is 21.3. The van der Waals surface area contributed by atoms with Crippen LogP contribution in [0.5, 0.6) is 0 Å². The minimum Gasteiger partial charge on any atom is -0.388 e. The summed E-state index contributed by atoms with van der Waals surface area (Å²) in [5.41, 5.74) is 0.777. The number of nitrogens with zero attached hydrogens (tertiary/aromatic N) is 1. The zero-order valence-electron chi connectivity index (χ0n) is 13.5. The van der Waals surface area contributed by atoms with E-state index in [0.29, 0.717) is 12.5 Å². The molecule has 0 saturated heterocycles. The lowest BCUT2D eigenvalue weighted by Gasteiger charge is -2.21. The number of aliphatic imine (C=N–C) groups is 1. The van der Waals surface area contributed by atoms with E-state index in [1.54, 1.807) is 11.3 Å². The van der Waals surface area contributed by atoms with Crippen LogP contribution in [0.15, 0.2) is 21.8 Å². The van der Waals surface area contributed by atoms with Gasteiger partial charge in [0.05, 0.1) is 12.1 Å². The van der Waals surface area contributed by atoms with Gasteiger partial charge in [-0.3, -0.25) is 4.99 Å². The summed E-state index contributed by atoms with van der Waals surface area (Å²) in [7, 11) is 0. The van der Waals surface area contributed by atoms with E-state index in [-0.39, 0.29) is 24.0 Å². The molecule has 0 aromatic carbocycles. The monoisotopic (exact) mass is 437 g/mol. The molecule has 1 heterocycles. The van der Waals surface area contributed by atoms with Gasteiger partial charge in [-0.25, -0.2) is 0 Å². The molecule has 0 bridgehead atoms. The van der Waals surface area contributed by atoms with Crippen LogP contribution in [0.25, 0.3) is 0 Å². The summed E-state index contributed by atoms with van der Waals surface area (Å²) in [4.78, 5) is 4.57. The first kappa shape index (κ1) is 19.7.